The minimum atomic E-state index is -0.499. The summed E-state index contributed by atoms with van der Waals surface area (Å²) in [5.41, 5.74) is -1.22. The molecule has 3 aliphatic rings. The largest absolute Gasteiger partial charge is 0.444 e. The molecule has 1 N–H and O–H groups in total. The number of nitrogens with zero attached hydrogens (tertiary/aromatic N) is 3. The van der Waals surface area contributed by atoms with E-state index in [2.05, 4.69) is 21.5 Å². The summed E-state index contributed by atoms with van der Waals surface area (Å²) >= 11 is 0. The van der Waals surface area contributed by atoms with E-state index in [1.165, 1.54) is 0 Å². The van der Waals surface area contributed by atoms with Crippen molar-refractivity contribution >= 4 is 12.0 Å². The Morgan fingerprint density at radius 3 is 2.66 bits per heavy atom. The summed E-state index contributed by atoms with van der Waals surface area (Å²) in [4.78, 5) is 26.0. The van der Waals surface area contributed by atoms with Crippen LogP contribution in [0.15, 0.2) is 10.2 Å². The van der Waals surface area contributed by atoms with Crippen molar-refractivity contribution in [1.82, 2.24) is 10.2 Å². The highest BCUT2D eigenvalue weighted by Crippen LogP contribution is 2.38. The fourth-order valence-electron chi connectivity index (χ4n) is 3.90. The third kappa shape index (κ3) is 5.92. The van der Waals surface area contributed by atoms with Crippen molar-refractivity contribution in [2.24, 2.45) is 10.2 Å². The van der Waals surface area contributed by atoms with Crippen LogP contribution in [0.1, 0.15) is 65.7 Å². The Balaban J connectivity index is 1.36. The van der Waals surface area contributed by atoms with Gasteiger partial charge in [0.2, 0.25) is 5.91 Å². The predicted octanol–water partition coefficient (Wildman–Crippen LogP) is 3.02. The van der Waals surface area contributed by atoms with E-state index in [1.54, 1.807) is 4.90 Å². The Kier molecular flexibility index (Phi) is 6.18. The highest BCUT2D eigenvalue weighted by atomic mass is 16.6. The highest BCUT2D eigenvalue weighted by Gasteiger charge is 2.50. The Bertz CT molecular complexity index is 694. The number of hydrogen-bond donors (Lipinski definition) is 1. The van der Waals surface area contributed by atoms with Gasteiger partial charge in [-0.1, -0.05) is 0 Å². The van der Waals surface area contributed by atoms with Gasteiger partial charge in [-0.15, -0.1) is 12.3 Å². The second-order valence-corrected chi connectivity index (χ2v) is 9.34. The number of terminal acetylenes is 1. The molecule has 0 aromatic carbocycles. The van der Waals surface area contributed by atoms with Crippen molar-refractivity contribution < 1.29 is 19.1 Å². The molecule has 0 aromatic heterocycles. The van der Waals surface area contributed by atoms with E-state index in [9.17, 15) is 9.59 Å². The van der Waals surface area contributed by atoms with Crippen LogP contribution in [0.3, 0.4) is 0 Å². The number of carbonyl (C=O) groups excluding carboxylic acids is 2. The lowest BCUT2D eigenvalue weighted by Gasteiger charge is -2.53. The molecule has 3 heterocycles. The summed E-state index contributed by atoms with van der Waals surface area (Å²) in [6, 6.07) is 0. The number of ether oxygens (including phenoxy) is 2. The van der Waals surface area contributed by atoms with Crippen LogP contribution in [0.2, 0.25) is 0 Å². The van der Waals surface area contributed by atoms with E-state index in [1.807, 2.05) is 20.8 Å². The monoisotopic (exact) mass is 404 g/mol. The molecule has 0 radical (unpaired) electrons. The molecule has 29 heavy (non-hydrogen) atoms. The van der Waals surface area contributed by atoms with E-state index >= 15 is 0 Å². The second-order valence-electron chi connectivity index (χ2n) is 9.34. The quantitative estimate of drug-likeness (QED) is 0.660. The molecule has 160 valence electrons. The molecule has 0 aliphatic carbocycles. The van der Waals surface area contributed by atoms with Gasteiger partial charge in [0.05, 0.1) is 19.2 Å². The van der Waals surface area contributed by atoms with E-state index in [0.717, 1.165) is 19.3 Å². The summed E-state index contributed by atoms with van der Waals surface area (Å²) in [6.07, 6.45) is 10.1. The molecule has 2 fully saturated rings. The van der Waals surface area contributed by atoms with Crippen molar-refractivity contribution in [2.75, 3.05) is 19.6 Å². The summed E-state index contributed by atoms with van der Waals surface area (Å²) in [5, 5.41) is 11.1. The Hall–Kier alpha value is -2.14. The van der Waals surface area contributed by atoms with Crippen molar-refractivity contribution in [3.8, 4) is 12.3 Å². The number of amides is 2. The van der Waals surface area contributed by atoms with Crippen molar-refractivity contribution in [1.29, 1.82) is 0 Å². The average Bonchev–Trinajstić information content (AvgIpc) is 3.40. The van der Waals surface area contributed by atoms with Crippen LogP contribution in [-0.2, 0) is 14.3 Å². The van der Waals surface area contributed by atoms with E-state index in [-0.39, 0.29) is 23.7 Å². The van der Waals surface area contributed by atoms with Crippen LogP contribution in [0.25, 0.3) is 0 Å². The van der Waals surface area contributed by atoms with Gasteiger partial charge in [0, 0.05) is 32.2 Å². The number of likely N-dealkylation sites (tertiary alicyclic amines) is 1. The number of carbonyl (C=O) groups is 2. The predicted molar refractivity (Wildman–Crippen MR) is 107 cm³/mol. The molecule has 1 atom stereocenters. The zero-order valence-electron chi connectivity index (χ0n) is 17.7. The lowest BCUT2D eigenvalue weighted by Crippen LogP contribution is -2.67. The topological polar surface area (TPSA) is 92.6 Å². The lowest BCUT2D eigenvalue weighted by atomic mass is 9.85. The van der Waals surface area contributed by atoms with Gasteiger partial charge in [0.15, 0.2) is 5.66 Å². The summed E-state index contributed by atoms with van der Waals surface area (Å²) in [7, 11) is 0. The summed E-state index contributed by atoms with van der Waals surface area (Å²) in [6.45, 7) is 7.16. The first-order valence-electron chi connectivity index (χ1n) is 10.4. The minimum Gasteiger partial charge on any atom is -0.444 e. The molecule has 2 saturated heterocycles. The van der Waals surface area contributed by atoms with Gasteiger partial charge >= 0.3 is 6.09 Å². The Labute approximate surface area is 172 Å². The normalized spacial score (nSPS) is 23.8. The van der Waals surface area contributed by atoms with Gasteiger partial charge in [0.1, 0.15) is 11.2 Å². The van der Waals surface area contributed by atoms with Gasteiger partial charge in [0.25, 0.3) is 0 Å². The van der Waals surface area contributed by atoms with Gasteiger partial charge in [-0.25, -0.2) is 4.79 Å². The summed E-state index contributed by atoms with van der Waals surface area (Å²) in [5.74, 6) is 2.57. The number of nitrogens with one attached hydrogen (secondary N) is 1. The van der Waals surface area contributed by atoms with E-state index in [4.69, 9.17) is 15.9 Å². The van der Waals surface area contributed by atoms with Crippen LogP contribution >= 0.6 is 0 Å². The zero-order chi connectivity index (χ0) is 21.1. The fourth-order valence-corrected chi connectivity index (χ4v) is 3.90. The van der Waals surface area contributed by atoms with Gasteiger partial charge in [-0.05, 0) is 40.0 Å². The molecule has 0 saturated carbocycles. The SMILES string of the molecule is C#CCCC1(CCC(=O)NCC2CCCC3(CN(C(=O)OC(C)(C)C)C3)O2)N=N1. The highest BCUT2D eigenvalue weighted by molar-refractivity contribution is 5.76. The first-order valence-corrected chi connectivity index (χ1v) is 10.4. The van der Waals surface area contributed by atoms with E-state index in [0.29, 0.717) is 45.3 Å². The molecule has 3 rings (SSSR count). The zero-order valence-corrected chi connectivity index (χ0v) is 17.7. The van der Waals surface area contributed by atoms with Crippen LogP contribution < -0.4 is 5.32 Å². The molecule has 1 unspecified atom stereocenters. The van der Waals surface area contributed by atoms with Crippen molar-refractivity contribution in [2.45, 2.75) is 88.7 Å². The molecule has 8 heteroatoms. The maximum Gasteiger partial charge on any atom is 0.410 e. The third-order valence-corrected chi connectivity index (χ3v) is 5.52. The molecule has 1 spiro atoms. The maximum atomic E-state index is 12.2. The maximum absolute atomic E-state index is 12.2. The third-order valence-electron chi connectivity index (χ3n) is 5.52. The van der Waals surface area contributed by atoms with E-state index < -0.39 is 11.3 Å². The molecule has 8 nitrogen and oxygen atoms in total. The van der Waals surface area contributed by atoms with Gasteiger partial charge in [-0.2, -0.15) is 10.2 Å². The minimum absolute atomic E-state index is 0.0189. The summed E-state index contributed by atoms with van der Waals surface area (Å²) < 4.78 is 11.7. The lowest BCUT2D eigenvalue weighted by molar-refractivity contribution is -0.191. The van der Waals surface area contributed by atoms with Crippen molar-refractivity contribution in [3.63, 3.8) is 0 Å². The smallest absolute Gasteiger partial charge is 0.410 e. The van der Waals surface area contributed by atoms with Crippen LogP contribution in [0, 0.1) is 12.3 Å². The Morgan fingerprint density at radius 2 is 2.03 bits per heavy atom. The van der Waals surface area contributed by atoms with Gasteiger partial charge < -0.3 is 19.7 Å². The molecule has 0 bridgehead atoms. The first kappa shape index (κ1) is 21.6. The second kappa shape index (κ2) is 8.31. The number of hydrogen-bond acceptors (Lipinski definition) is 6. The molecular formula is C21H32N4O4. The van der Waals surface area contributed by atoms with Crippen LogP contribution in [-0.4, -0.2) is 59.5 Å². The number of rotatable bonds is 7. The Morgan fingerprint density at radius 1 is 1.31 bits per heavy atom. The standard InChI is InChI=1S/C21H32N4O4/c1-5-6-11-21(23-24-21)12-9-17(26)22-13-16-8-7-10-20(28-16)14-25(15-20)18(27)29-19(2,3)4/h1,16H,6-15H2,2-4H3,(H,22,26). The van der Waals surface area contributed by atoms with Crippen molar-refractivity contribution in [3.05, 3.63) is 0 Å². The molecule has 2 amide bonds. The van der Waals surface area contributed by atoms with Gasteiger partial charge in [-0.3, -0.25) is 4.79 Å². The molecule has 3 aliphatic heterocycles. The average molecular weight is 405 g/mol. The van der Waals surface area contributed by atoms with Crippen LogP contribution in [0.5, 0.6) is 0 Å². The fraction of sp³-hybridized carbons (Fsp3) is 0.810. The van der Waals surface area contributed by atoms with Crippen LogP contribution in [0.4, 0.5) is 4.79 Å². The first-order chi connectivity index (χ1) is 13.6. The molecular weight excluding hydrogens is 372 g/mol. The molecule has 0 aromatic rings.